The molecule has 6 heteroatoms. The quantitative estimate of drug-likeness (QED) is 0.649. The predicted molar refractivity (Wildman–Crippen MR) is 104 cm³/mol. The fourth-order valence-electron chi connectivity index (χ4n) is 2.72. The maximum Gasteiger partial charge on any atom is 0.226 e. The van der Waals surface area contributed by atoms with E-state index in [0.29, 0.717) is 16.4 Å². The molecule has 0 aliphatic heterocycles. The standard InChI is InChI=1S/C20H20N2O3S/c1-12-7-9-16(25-3)14(11-12)15(23)8-10-18(24)21-20-22-19-13(2)5-4-6-17(19)26-20/h4-7,9,11H,8,10H2,1-3H3,(H,21,22,24). The van der Waals surface area contributed by atoms with E-state index in [2.05, 4.69) is 10.3 Å². The van der Waals surface area contributed by atoms with Crippen molar-refractivity contribution in [1.29, 1.82) is 0 Å². The first-order valence-electron chi connectivity index (χ1n) is 8.32. The molecule has 1 amide bonds. The Morgan fingerprint density at radius 2 is 1.96 bits per heavy atom. The van der Waals surface area contributed by atoms with Gasteiger partial charge in [0.2, 0.25) is 5.91 Å². The van der Waals surface area contributed by atoms with Crippen molar-refractivity contribution in [3.8, 4) is 5.75 Å². The van der Waals surface area contributed by atoms with Crippen LogP contribution in [0.1, 0.15) is 34.3 Å². The van der Waals surface area contributed by atoms with Gasteiger partial charge >= 0.3 is 0 Å². The van der Waals surface area contributed by atoms with Gasteiger partial charge in [0, 0.05) is 12.8 Å². The number of fused-ring (bicyclic) bond motifs is 1. The molecule has 0 saturated carbocycles. The summed E-state index contributed by atoms with van der Waals surface area (Å²) in [6.45, 7) is 3.90. The van der Waals surface area contributed by atoms with Gasteiger partial charge in [-0.1, -0.05) is 35.1 Å². The van der Waals surface area contributed by atoms with Crippen LogP contribution in [0.5, 0.6) is 5.75 Å². The summed E-state index contributed by atoms with van der Waals surface area (Å²) in [5, 5.41) is 3.35. The minimum atomic E-state index is -0.221. The van der Waals surface area contributed by atoms with Crippen LogP contribution in [0, 0.1) is 13.8 Å². The largest absolute Gasteiger partial charge is 0.496 e. The van der Waals surface area contributed by atoms with Gasteiger partial charge in [-0.3, -0.25) is 9.59 Å². The van der Waals surface area contributed by atoms with Gasteiger partial charge in [-0.15, -0.1) is 0 Å². The Balaban J connectivity index is 1.64. The normalized spacial score (nSPS) is 10.7. The summed E-state index contributed by atoms with van der Waals surface area (Å²) in [6.07, 6.45) is 0.223. The number of carbonyl (C=O) groups is 2. The molecule has 5 nitrogen and oxygen atoms in total. The zero-order valence-electron chi connectivity index (χ0n) is 15.0. The highest BCUT2D eigenvalue weighted by molar-refractivity contribution is 7.22. The number of carbonyl (C=O) groups excluding carboxylic acids is 2. The minimum absolute atomic E-state index is 0.102. The van der Waals surface area contributed by atoms with Crippen LogP contribution in [0.15, 0.2) is 36.4 Å². The van der Waals surface area contributed by atoms with E-state index in [0.717, 1.165) is 21.3 Å². The molecular weight excluding hydrogens is 348 g/mol. The van der Waals surface area contributed by atoms with Crippen molar-refractivity contribution in [2.45, 2.75) is 26.7 Å². The third-order valence-corrected chi connectivity index (χ3v) is 5.04. The summed E-state index contributed by atoms with van der Waals surface area (Å²) in [7, 11) is 1.53. The Bertz CT molecular complexity index is 978. The van der Waals surface area contributed by atoms with E-state index < -0.39 is 0 Å². The first-order chi connectivity index (χ1) is 12.5. The molecule has 0 aliphatic carbocycles. The van der Waals surface area contributed by atoms with Crippen LogP contribution in [-0.2, 0) is 4.79 Å². The number of nitrogens with one attached hydrogen (secondary N) is 1. The number of para-hydroxylation sites is 1. The number of aryl methyl sites for hydroxylation is 2. The molecular formula is C20H20N2O3S. The first kappa shape index (κ1) is 18.1. The minimum Gasteiger partial charge on any atom is -0.496 e. The molecule has 134 valence electrons. The fraction of sp³-hybridized carbons (Fsp3) is 0.250. The average molecular weight is 368 g/mol. The SMILES string of the molecule is COc1ccc(C)cc1C(=O)CCC(=O)Nc1nc2c(C)cccc2s1. The summed E-state index contributed by atoms with van der Waals surface area (Å²) in [5.74, 6) is 0.199. The number of rotatable bonds is 6. The Morgan fingerprint density at radius 3 is 2.69 bits per heavy atom. The molecule has 1 aromatic heterocycles. The van der Waals surface area contributed by atoms with E-state index in [-0.39, 0.29) is 24.5 Å². The number of ketones is 1. The number of amides is 1. The lowest BCUT2D eigenvalue weighted by molar-refractivity contribution is -0.116. The summed E-state index contributed by atoms with van der Waals surface area (Å²) in [5.41, 5.74) is 3.45. The van der Waals surface area contributed by atoms with Gasteiger partial charge < -0.3 is 10.1 Å². The highest BCUT2D eigenvalue weighted by atomic mass is 32.1. The van der Waals surface area contributed by atoms with Crippen LogP contribution in [-0.4, -0.2) is 23.8 Å². The van der Waals surface area contributed by atoms with Crippen LogP contribution in [0.2, 0.25) is 0 Å². The lowest BCUT2D eigenvalue weighted by Crippen LogP contribution is -2.13. The molecule has 2 aromatic carbocycles. The van der Waals surface area contributed by atoms with Crippen molar-refractivity contribution in [1.82, 2.24) is 4.98 Å². The number of benzene rings is 2. The third-order valence-electron chi connectivity index (χ3n) is 4.10. The summed E-state index contributed by atoms with van der Waals surface area (Å²) in [4.78, 5) is 29.1. The van der Waals surface area contributed by atoms with Crippen LogP contribution < -0.4 is 10.1 Å². The Morgan fingerprint density at radius 1 is 1.15 bits per heavy atom. The molecule has 3 aromatic rings. The Labute approximate surface area is 156 Å². The lowest BCUT2D eigenvalue weighted by Gasteiger charge is -2.08. The third kappa shape index (κ3) is 3.91. The molecule has 0 atom stereocenters. The van der Waals surface area contributed by atoms with Crippen LogP contribution in [0.25, 0.3) is 10.2 Å². The van der Waals surface area contributed by atoms with E-state index >= 15 is 0 Å². The summed E-state index contributed by atoms with van der Waals surface area (Å²) < 4.78 is 6.27. The highest BCUT2D eigenvalue weighted by Crippen LogP contribution is 2.28. The smallest absolute Gasteiger partial charge is 0.226 e. The Hall–Kier alpha value is -2.73. The second-order valence-electron chi connectivity index (χ2n) is 6.12. The number of hydrogen-bond donors (Lipinski definition) is 1. The van der Waals surface area contributed by atoms with Gasteiger partial charge in [0.15, 0.2) is 10.9 Å². The van der Waals surface area contributed by atoms with Crippen molar-refractivity contribution in [3.63, 3.8) is 0 Å². The first-order valence-corrected chi connectivity index (χ1v) is 9.13. The Kier molecular flexibility index (Phi) is 5.32. The van der Waals surface area contributed by atoms with Crippen molar-refractivity contribution in [2.75, 3.05) is 12.4 Å². The molecule has 1 heterocycles. The maximum absolute atomic E-state index is 12.4. The fourth-order valence-corrected chi connectivity index (χ4v) is 3.68. The molecule has 0 unspecified atom stereocenters. The number of anilines is 1. The number of Topliss-reactive ketones (excluding diaryl/α,β-unsaturated/α-hetero) is 1. The second-order valence-corrected chi connectivity index (χ2v) is 7.15. The predicted octanol–water partition coefficient (Wildman–Crippen LogP) is 4.52. The molecule has 3 rings (SSSR count). The van der Waals surface area contributed by atoms with Crippen molar-refractivity contribution in [3.05, 3.63) is 53.1 Å². The molecule has 0 radical (unpaired) electrons. The number of thiazole rings is 1. The zero-order valence-corrected chi connectivity index (χ0v) is 15.8. The molecule has 1 N–H and O–H groups in total. The summed E-state index contributed by atoms with van der Waals surface area (Å²) >= 11 is 1.43. The number of hydrogen-bond acceptors (Lipinski definition) is 5. The van der Waals surface area contributed by atoms with Gasteiger partial charge in [-0.05, 0) is 37.6 Å². The zero-order chi connectivity index (χ0) is 18.7. The van der Waals surface area contributed by atoms with Gasteiger partial charge in [0.25, 0.3) is 0 Å². The highest BCUT2D eigenvalue weighted by Gasteiger charge is 2.15. The molecule has 0 bridgehead atoms. The molecule has 26 heavy (non-hydrogen) atoms. The van der Waals surface area contributed by atoms with Gasteiger partial charge in [0.05, 0.1) is 22.9 Å². The summed E-state index contributed by atoms with van der Waals surface area (Å²) in [6, 6.07) is 11.4. The molecule has 0 spiro atoms. The van der Waals surface area contributed by atoms with E-state index in [1.165, 1.54) is 18.4 Å². The van der Waals surface area contributed by atoms with E-state index in [9.17, 15) is 9.59 Å². The van der Waals surface area contributed by atoms with Gasteiger partial charge in [0.1, 0.15) is 5.75 Å². The van der Waals surface area contributed by atoms with Crippen molar-refractivity contribution < 1.29 is 14.3 Å². The lowest BCUT2D eigenvalue weighted by atomic mass is 10.0. The second kappa shape index (κ2) is 7.66. The average Bonchev–Trinajstić information content (AvgIpc) is 3.03. The van der Waals surface area contributed by atoms with Gasteiger partial charge in [-0.2, -0.15) is 0 Å². The van der Waals surface area contributed by atoms with E-state index in [4.69, 9.17) is 4.74 Å². The van der Waals surface area contributed by atoms with Crippen LogP contribution in [0.4, 0.5) is 5.13 Å². The monoisotopic (exact) mass is 368 g/mol. The van der Waals surface area contributed by atoms with Crippen molar-refractivity contribution in [2.24, 2.45) is 0 Å². The number of ether oxygens (including phenoxy) is 1. The number of nitrogens with zero attached hydrogens (tertiary/aromatic N) is 1. The van der Waals surface area contributed by atoms with E-state index in [1.54, 1.807) is 12.1 Å². The molecule has 0 aliphatic rings. The topological polar surface area (TPSA) is 68.3 Å². The van der Waals surface area contributed by atoms with Gasteiger partial charge in [-0.25, -0.2) is 4.98 Å². The number of methoxy groups -OCH3 is 1. The van der Waals surface area contributed by atoms with Crippen molar-refractivity contribution >= 4 is 38.4 Å². The van der Waals surface area contributed by atoms with Crippen LogP contribution in [0.3, 0.4) is 0 Å². The van der Waals surface area contributed by atoms with E-state index in [1.807, 2.05) is 38.1 Å². The molecule has 0 saturated heterocycles. The molecule has 0 fully saturated rings. The maximum atomic E-state index is 12.4. The van der Waals surface area contributed by atoms with Crippen LogP contribution >= 0.6 is 11.3 Å². The number of aromatic nitrogens is 1.